The molecule has 1 aliphatic heterocycles. The molecule has 0 aliphatic carbocycles. The summed E-state index contributed by atoms with van der Waals surface area (Å²) >= 11 is 0. The van der Waals surface area contributed by atoms with E-state index in [1.165, 1.54) is 0 Å². The monoisotopic (exact) mass is 403 g/mol. The van der Waals surface area contributed by atoms with Gasteiger partial charge in [0.15, 0.2) is 5.82 Å². The number of nitriles is 1. The molecule has 1 N–H and O–H groups in total. The quantitative estimate of drug-likeness (QED) is 0.798. The van der Waals surface area contributed by atoms with Crippen LogP contribution in [-0.4, -0.2) is 41.4 Å². The first-order valence-electron chi connectivity index (χ1n) is 10.2. The number of hydrogen-bond donors (Lipinski definition) is 1. The summed E-state index contributed by atoms with van der Waals surface area (Å²) in [5.41, 5.74) is 4.55. The zero-order valence-corrected chi connectivity index (χ0v) is 18.2. The minimum absolute atomic E-state index is 0.248. The van der Waals surface area contributed by atoms with Gasteiger partial charge in [-0.3, -0.25) is 0 Å². The van der Waals surface area contributed by atoms with Crippen LogP contribution in [0.5, 0.6) is 0 Å². The average Bonchev–Trinajstić information content (AvgIpc) is 3.24. The summed E-state index contributed by atoms with van der Waals surface area (Å²) in [5.74, 6) is 0.707. The highest BCUT2D eigenvalue weighted by Crippen LogP contribution is 2.17. The van der Waals surface area contributed by atoms with Crippen LogP contribution in [0.2, 0.25) is 0 Å². The standard InChI is InChI=1S/C24H29N5O/c1-6-22-18(4)27-28-24(26-14-20-9-7-8-19(13-25)17(20)3)23(22)12-16(2)29-11-10-21(15-29)30-5/h6-9,12,21H,2,10-11,14-15H2,1,3-5H3,(H,26,28)/b22-6-,23-12+. The predicted molar refractivity (Wildman–Crippen MR) is 120 cm³/mol. The third-order valence-corrected chi connectivity index (χ3v) is 5.73. The number of nitrogens with zero attached hydrogens (tertiary/aromatic N) is 4. The van der Waals surface area contributed by atoms with Crippen molar-refractivity contribution < 1.29 is 4.74 Å². The van der Waals surface area contributed by atoms with Gasteiger partial charge in [-0.05, 0) is 50.5 Å². The Hall–Kier alpha value is -3.17. The molecule has 1 saturated heterocycles. The summed E-state index contributed by atoms with van der Waals surface area (Å²) in [4.78, 5) is 2.24. The largest absolute Gasteiger partial charge is 0.380 e. The van der Waals surface area contributed by atoms with Gasteiger partial charge in [0.25, 0.3) is 0 Å². The molecule has 1 unspecified atom stereocenters. The lowest BCUT2D eigenvalue weighted by molar-refractivity contribution is 0.112. The lowest BCUT2D eigenvalue weighted by atomic mass is 10.0. The predicted octanol–water partition coefficient (Wildman–Crippen LogP) is 2.39. The van der Waals surface area contributed by atoms with Crippen LogP contribution in [0, 0.1) is 25.2 Å². The Balaban J connectivity index is 1.95. The molecule has 156 valence electrons. The molecule has 1 aliphatic rings. The maximum absolute atomic E-state index is 9.29. The number of likely N-dealkylation sites (tertiary alicyclic amines) is 1. The third-order valence-electron chi connectivity index (χ3n) is 5.73. The molecule has 2 heterocycles. The normalized spacial score (nSPS) is 17.3. The minimum atomic E-state index is 0.248. The summed E-state index contributed by atoms with van der Waals surface area (Å²) in [5, 5.41) is 23.5. The van der Waals surface area contributed by atoms with Crippen molar-refractivity contribution in [3.63, 3.8) is 0 Å². The van der Waals surface area contributed by atoms with Gasteiger partial charge in [0.1, 0.15) is 0 Å². The molecular formula is C24H29N5O. The van der Waals surface area contributed by atoms with Gasteiger partial charge in [-0.1, -0.05) is 24.8 Å². The maximum atomic E-state index is 9.29. The van der Waals surface area contributed by atoms with Gasteiger partial charge in [-0.2, -0.15) is 10.4 Å². The van der Waals surface area contributed by atoms with Crippen molar-refractivity contribution in [2.45, 2.75) is 39.8 Å². The Bertz CT molecular complexity index is 1100. The molecule has 0 amide bonds. The summed E-state index contributed by atoms with van der Waals surface area (Å²) in [7, 11) is 1.76. The Morgan fingerprint density at radius 3 is 2.83 bits per heavy atom. The van der Waals surface area contributed by atoms with E-state index in [0.29, 0.717) is 17.9 Å². The van der Waals surface area contributed by atoms with E-state index in [0.717, 1.165) is 52.5 Å². The number of anilines is 1. The molecule has 1 atom stereocenters. The van der Waals surface area contributed by atoms with E-state index in [9.17, 15) is 5.26 Å². The van der Waals surface area contributed by atoms with Gasteiger partial charge >= 0.3 is 0 Å². The third kappa shape index (κ3) is 4.52. The molecule has 1 aromatic heterocycles. The summed E-state index contributed by atoms with van der Waals surface area (Å²) in [6.45, 7) is 12.6. The zero-order chi connectivity index (χ0) is 21.7. The Morgan fingerprint density at radius 1 is 1.37 bits per heavy atom. The molecule has 2 aromatic rings. The summed E-state index contributed by atoms with van der Waals surface area (Å²) in [6.07, 6.45) is 5.38. The SMILES string of the molecule is C=C(/C=c1/c(NCc2cccc(C#N)c2C)nnc(C)/c1=C/C)N1CCC(OC)C1. The van der Waals surface area contributed by atoms with Gasteiger partial charge in [0.05, 0.1) is 23.4 Å². The van der Waals surface area contributed by atoms with E-state index in [1.54, 1.807) is 7.11 Å². The van der Waals surface area contributed by atoms with Crippen LogP contribution < -0.4 is 15.8 Å². The van der Waals surface area contributed by atoms with Crippen LogP contribution in [0.25, 0.3) is 12.2 Å². The molecule has 0 radical (unpaired) electrons. The van der Waals surface area contributed by atoms with Crippen molar-refractivity contribution in [3.8, 4) is 6.07 Å². The first-order chi connectivity index (χ1) is 14.5. The molecule has 0 bridgehead atoms. The van der Waals surface area contributed by atoms with Crippen molar-refractivity contribution in [2.75, 3.05) is 25.5 Å². The van der Waals surface area contributed by atoms with Crippen molar-refractivity contribution in [1.82, 2.24) is 15.1 Å². The molecule has 1 aromatic carbocycles. The number of nitrogens with one attached hydrogen (secondary N) is 1. The first kappa shape index (κ1) is 21.5. The molecule has 0 saturated carbocycles. The van der Waals surface area contributed by atoms with Gasteiger partial charge in [-0.25, -0.2) is 0 Å². The number of aromatic nitrogens is 2. The van der Waals surface area contributed by atoms with Crippen molar-refractivity contribution in [3.05, 3.63) is 63.3 Å². The van der Waals surface area contributed by atoms with Gasteiger partial charge in [-0.15, -0.1) is 5.10 Å². The number of ether oxygens (including phenoxy) is 1. The number of benzene rings is 1. The van der Waals surface area contributed by atoms with Crippen LogP contribution in [-0.2, 0) is 11.3 Å². The van der Waals surface area contributed by atoms with Gasteiger partial charge in [0.2, 0.25) is 0 Å². The number of hydrogen-bond acceptors (Lipinski definition) is 6. The minimum Gasteiger partial charge on any atom is -0.380 e. The fourth-order valence-electron chi connectivity index (χ4n) is 3.81. The van der Waals surface area contributed by atoms with Crippen LogP contribution >= 0.6 is 0 Å². The second-order valence-corrected chi connectivity index (χ2v) is 7.53. The highest BCUT2D eigenvalue weighted by Gasteiger charge is 2.22. The van der Waals surface area contributed by atoms with Crippen molar-refractivity contribution in [1.29, 1.82) is 5.26 Å². The molecule has 3 rings (SSSR count). The number of methoxy groups -OCH3 is 1. The van der Waals surface area contributed by atoms with E-state index in [4.69, 9.17) is 4.74 Å². The molecule has 6 heteroatoms. The summed E-state index contributed by atoms with van der Waals surface area (Å²) < 4.78 is 5.49. The van der Waals surface area contributed by atoms with Crippen LogP contribution in [0.15, 0.2) is 30.5 Å². The van der Waals surface area contributed by atoms with Crippen LogP contribution in [0.1, 0.15) is 35.7 Å². The molecular weight excluding hydrogens is 374 g/mol. The fraction of sp³-hybridized carbons (Fsp3) is 0.375. The van der Waals surface area contributed by atoms with Crippen LogP contribution in [0.4, 0.5) is 5.82 Å². The number of rotatable bonds is 6. The van der Waals surface area contributed by atoms with Crippen molar-refractivity contribution >= 4 is 18.0 Å². The second kappa shape index (κ2) is 9.55. The Labute approximate surface area is 178 Å². The van der Waals surface area contributed by atoms with Gasteiger partial charge in [0, 0.05) is 42.9 Å². The average molecular weight is 404 g/mol. The maximum Gasteiger partial charge on any atom is 0.156 e. The van der Waals surface area contributed by atoms with Crippen molar-refractivity contribution in [2.24, 2.45) is 0 Å². The number of allylic oxidation sites excluding steroid dienone is 1. The fourth-order valence-corrected chi connectivity index (χ4v) is 3.81. The zero-order valence-electron chi connectivity index (χ0n) is 18.2. The Morgan fingerprint density at radius 2 is 2.17 bits per heavy atom. The summed E-state index contributed by atoms with van der Waals surface area (Å²) in [6, 6.07) is 8.01. The van der Waals surface area contributed by atoms with E-state index in [1.807, 2.05) is 39.0 Å². The highest BCUT2D eigenvalue weighted by molar-refractivity contribution is 5.54. The smallest absolute Gasteiger partial charge is 0.156 e. The number of aryl methyl sites for hydroxylation is 1. The first-order valence-corrected chi connectivity index (χ1v) is 10.2. The highest BCUT2D eigenvalue weighted by atomic mass is 16.5. The van der Waals surface area contributed by atoms with Crippen LogP contribution in [0.3, 0.4) is 0 Å². The second-order valence-electron chi connectivity index (χ2n) is 7.53. The lowest BCUT2D eigenvalue weighted by Gasteiger charge is -2.18. The molecule has 1 fully saturated rings. The van der Waals surface area contributed by atoms with Gasteiger partial charge < -0.3 is 15.0 Å². The molecule has 6 nitrogen and oxygen atoms in total. The van der Waals surface area contributed by atoms with E-state index in [-0.39, 0.29) is 6.10 Å². The molecule has 30 heavy (non-hydrogen) atoms. The van der Waals surface area contributed by atoms with E-state index >= 15 is 0 Å². The van der Waals surface area contributed by atoms with E-state index < -0.39 is 0 Å². The Kier molecular flexibility index (Phi) is 6.86. The topological polar surface area (TPSA) is 74.1 Å². The lowest BCUT2D eigenvalue weighted by Crippen LogP contribution is -2.34. The molecule has 0 spiro atoms. The van der Waals surface area contributed by atoms with E-state index in [2.05, 4.69) is 45.2 Å².